The summed E-state index contributed by atoms with van der Waals surface area (Å²) in [5.41, 5.74) is 1.63. The van der Waals surface area contributed by atoms with E-state index >= 15 is 0 Å². The van der Waals surface area contributed by atoms with Crippen molar-refractivity contribution in [3.8, 4) is 0 Å². The molecule has 1 saturated carbocycles. The van der Waals surface area contributed by atoms with Gasteiger partial charge in [0.05, 0.1) is 6.10 Å². The summed E-state index contributed by atoms with van der Waals surface area (Å²) >= 11 is 6.02. The Kier molecular flexibility index (Phi) is 8.74. The van der Waals surface area contributed by atoms with E-state index in [0.29, 0.717) is 23.6 Å². The highest BCUT2D eigenvalue weighted by Crippen LogP contribution is 2.20. The molecule has 0 radical (unpaired) electrons. The topological polar surface area (TPSA) is 58.6 Å². The van der Waals surface area contributed by atoms with Gasteiger partial charge < -0.3 is 15.2 Å². The summed E-state index contributed by atoms with van der Waals surface area (Å²) in [4.78, 5) is 12.9. The highest BCUT2D eigenvalue weighted by atomic mass is 35.5. The van der Waals surface area contributed by atoms with Gasteiger partial charge in [-0.15, -0.1) is 12.4 Å². The molecule has 6 heteroatoms. The minimum Gasteiger partial charge on any atom is -0.391 e. The maximum Gasteiger partial charge on any atom is 0.191 e. The number of hydrogen-bond acceptors (Lipinski definition) is 4. The predicted molar refractivity (Wildman–Crippen MR) is 110 cm³/mol. The Morgan fingerprint density at radius 1 is 1.22 bits per heavy atom. The lowest BCUT2D eigenvalue weighted by Gasteiger charge is -2.17. The molecular weight excluding hydrogens is 385 g/mol. The van der Waals surface area contributed by atoms with E-state index in [4.69, 9.17) is 16.3 Å². The summed E-state index contributed by atoms with van der Waals surface area (Å²) < 4.78 is 5.94. The van der Waals surface area contributed by atoms with Gasteiger partial charge in [-0.2, -0.15) is 0 Å². The van der Waals surface area contributed by atoms with Crippen LogP contribution in [0, 0.1) is 0 Å². The molecule has 2 aromatic rings. The van der Waals surface area contributed by atoms with Gasteiger partial charge in [-0.3, -0.25) is 4.79 Å². The fraction of sp³-hybridized carbons (Fsp3) is 0.381. The summed E-state index contributed by atoms with van der Waals surface area (Å²) in [7, 11) is 0. The Bertz CT molecular complexity index is 726. The van der Waals surface area contributed by atoms with Crippen LogP contribution in [0.2, 0.25) is 5.02 Å². The number of ether oxygens (including phenoxy) is 1. The van der Waals surface area contributed by atoms with Crippen molar-refractivity contribution in [2.75, 3.05) is 13.2 Å². The molecule has 2 aromatic carbocycles. The third-order valence-electron chi connectivity index (χ3n) is 4.47. The molecule has 3 rings (SSSR count). The van der Waals surface area contributed by atoms with Crippen molar-refractivity contribution in [3.63, 3.8) is 0 Å². The number of nitrogens with one attached hydrogen (secondary N) is 1. The summed E-state index contributed by atoms with van der Waals surface area (Å²) in [5.74, 6) is -0.0538. The Balaban J connectivity index is 0.00000261. The first-order chi connectivity index (χ1) is 12.6. The third kappa shape index (κ3) is 6.91. The molecule has 0 bridgehead atoms. The largest absolute Gasteiger partial charge is 0.391 e. The van der Waals surface area contributed by atoms with Gasteiger partial charge in [0, 0.05) is 29.7 Å². The molecule has 0 aliphatic heterocycles. The maximum absolute atomic E-state index is 12.9. The van der Waals surface area contributed by atoms with Gasteiger partial charge in [-0.1, -0.05) is 54.1 Å². The molecule has 1 aliphatic carbocycles. The molecule has 0 heterocycles. The molecule has 0 amide bonds. The van der Waals surface area contributed by atoms with E-state index in [2.05, 4.69) is 5.32 Å². The van der Waals surface area contributed by atoms with E-state index in [1.807, 2.05) is 30.3 Å². The molecule has 0 saturated heterocycles. The van der Waals surface area contributed by atoms with Gasteiger partial charge in [0.2, 0.25) is 0 Å². The lowest BCUT2D eigenvalue weighted by molar-refractivity contribution is 0.0403. The zero-order valence-electron chi connectivity index (χ0n) is 15.0. The van der Waals surface area contributed by atoms with Crippen molar-refractivity contribution in [1.29, 1.82) is 0 Å². The van der Waals surface area contributed by atoms with E-state index in [0.717, 1.165) is 24.9 Å². The lowest BCUT2D eigenvalue weighted by Crippen LogP contribution is -2.29. The maximum atomic E-state index is 12.9. The van der Waals surface area contributed by atoms with E-state index in [1.54, 1.807) is 24.3 Å². The SMILES string of the molecule is Cl.O=C(c1cccc(Cl)c1)C(Cc1ccccc1)OCCCNC1CC1O. The number of carbonyl (C=O) groups excluding carboxylic acids is 1. The van der Waals surface area contributed by atoms with Gasteiger partial charge >= 0.3 is 0 Å². The van der Waals surface area contributed by atoms with Crippen molar-refractivity contribution in [3.05, 3.63) is 70.7 Å². The zero-order valence-corrected chi connectivity index (χ0v) is 16.6. The van der Waals surface area contributed by atoms with Crippen LogP contribution in [0.25, 0.3) is 0 Å². The average molecular weight is 410 g/mol. The summed E-state index contributed by atoms with van der Waals surface area (Å²) in [5, 5.41) is 13.1. The van der Waals surface area contributed by atoms with Gasteiger partial charge in [-0.25, -0.2) is 0 Å². The number of carbonyl (C=O) groups is 1. The number of aliphatic hydroxyl groups is 1. The molecule has 3 atom stereocenters. The standard InChI is InChI=1S/C21H24ClNO3.ClH/c22-17-9-4-8-16(13-17)21(25)20(12-15-6-2-1-3-7-15)26-11-5-10-23-18-14-19(18)24;/h1-4,6-9,13,18-20,23-24H,5,10-12,14H2;1H. The highest BCUT2D eigenvalue weighted by Gasteiger charge is 2.34. The second-order valence-electron chi connectivity index (χ2n) is 6.64. The van der Waals surface area contributed by atoms with Crippen LogP contribution in [0.1, 0.15) is 28.8 Å². The quantitative estimate of drug-likeness (QED) is 0.464. The molecule has 2 N–H and O–H groups in total. The van der Waals surface area contributed by atoms with Crippen molar-refractivity contribution in [2.24, 2.45) is 0 Å². The Morgan fingerprint density at radius 3 is 2.63 bits per heavy atom. The van der Waals surface area contributed by atoms with Crippen LogP contribution in [-0.4, -0.2) is 42.3 Å². The van der Waals surface area contributed by atoms with Crippen molar-refractivity contribution in [2.45, 2.75) is 37.5 Å². The summed E-state index contributed by atoms with van der Waals surface area (Å²) in [6.45, 7) is 1.25. The molecule has 0 aromatic heterocycles. The molecule has 1 fully saturated rings. The molecule has 27 heavy (non-hydrogen) atoms. The second-order valence-corrected chi connectivity index (χ2v) is 7.08. The predicted octanol–water partition coefficient (Wildman–Crippen LogP) is 3.69. The Labute approximate surface area is 171 Å². The van der Waals surface area contributed by atoms with Gasteiger partial charge in [0.25, 0.3) is 0 Å². The van der Waals surface area contributed by atoms with E-state index in [1.165, 1.54) is 0 Å². The second kappa shape index (κ2) is 10.8. The fourth-order valence-electron chi connectivity index (χ4n) is 2.87. The van der Waals surface area contributed by atoms with E-state index < -0.39 is 6.10 Å². The van der Waals surface area contributed by atoms with Crippen LogP contribution in [0.5, 0.6) is 0 Å². The first-order valence-electron chi connectivity index (χ1n) is 9.00. The monoisotopic (exact) mass is 409 g/mol. The number of ketones is 1. The number of Topliss-reactive ketones (excluding diaryl/α,β-unsaturated/α-hetero) is 1. The van der Waals surface area contributed by atoms with Gasteiger partial charge in [-0.05, 0) is 37.1 Å². The molecule has 1 aliphatic rings. The first kappa shape index (κ1) is 21.9. The van der Waals surface area contributed by atoms with Crippen LogP contribution < -0.4 is 5.32 Å². The normalized spacial score (nSPS) is 19.2. The van der Waals surface area contributed by atoms with Crippen LogP contribution in [0.3, 0.4) is 0 Å². The zero-order chi connectivity index (χ0) is 18.4. The van der Waals surface area contributed by atoms with Crippen LogP contribution in [0.4, 0.5) is 0 Å². The van der Waals surface area contributed by atoms with Crippen LogP contribution >= 0.6 is 24.0 Å². The van der Waals surface area contributed by atoms with Gasteiger partial charge in [0.15, 0.2) is 5.78 Å². The molecule has 0 spiro atoms. The Hall–Kier alpha value is -1.43. The first-order valence-corrected chi connectivity index (χ1v) is 9.38. The molecular formula is C21H25Cl2NO3. The minimum absolute atomic E-state index is 0. The van der Waals surface area contributed by atoms with Crippen molar-refractivity contribution >= 4 is 29.8 Å². The Morgan fingerprint density at radius 2 is 1.96 bits per heavy atom. The molecule has 4 nitrogen and oxygen atoms in total. The number of aliphatic hydroxyl groups excluding tert-OH is 1. The van der Waals surface area contributed by atoms with Crippen LogP contribution in [-0.2, 0) is 11.2 Å². The number of hydrogen-bond donors (Lipinski definition) is 2. The van der Waals surface area contributed by atoms with E-state index in [-0.39, 0.29) is 30.3 Å². The molecule has 3 unspecified atom stereocenters. The average Bonchev–Trinajstić information content (AvgIpc) is 3.36. The summed E-state index contributed by atoms with van der Waals surface area (Å²) in [6, 6.07) is 17.1. The van der Waals surface area contributed by atoms with Gasteiger partial charge in [0.1, 0.15) is 6.10 Å². The summed E-state index contributed by atoms with van der Waals surface area (Å²) in [6.07, 6.45) is 1.40. The smallest absolute Gasteiger partial charge is 0.191 e. The molecule has 146 valence electrons. The minimum atomic E-state index is -0.539. The number of benzene rings is 2. The fourth-order valence-corrected chi connectivity index (χ4v) is 3.06. The third-order valence-corrected chi connectivity index (χ3v) is 4.70. The van der Waals surface area contributed by atoms with Crippen molar-refractivity contribution in [1.82, 2.24) is 5.32 Å². The van der Waals surface area contributed by atoms with Crippen LogP contribution in [0.15, 0.2) is 54.6 Å². The number of halogens is 2. The number of rotatable bonds is 10. The lowest BCUT2D eigenvalue weighted by atomic mass is 10.00. The van der Waals surface area contributed by atoms with E-state index in [9.17, 15) is 9.90 Å². The van der Waals surface area contributed by atoms with Crippen molar-refractivity contribution < 1.29 is 14.6 Å². The highest BCUT2D eigenvalue weighted by molar-refractivity contribution is 6.31.